The summed E-state index contributed by atoms with van der Waals surface area (Å²) < 4.78 is 0. The molecule has 0 amide bonds. The van der Waals surface area contributed by atoms with Crippen LogP contribution in [-0.4, -0.2) is 24.2 Å². The molecular weight excluding hydrogens is 226 g/mol. The minimum atomic E-state index is -0.701. The van der Waals surface area contributed by atoms with E-state index in [-0.39, 0.29) is 6.42 Å². The van der Waals surface area contributed by atoms with E-state index in [1.165, 1.54) is 5.56 Å². The number of hydrogen-bond acceptors (Lipinski definition) is 2. The molecule has 0 aliphatic rings. The van der Waals surface area contributed by atoms with Crippen molar-refractivity contribution < 1.29 is 9.90 Å². The second-order valence-corrected chi connectivity index (χ2v) is 4.70. The Bertz CT molecular complexity index is 338. The van der Waals surface area contributed by atoms with Gasteiger partial charge in [-0.15, -0.1) is 0 Å². The lowest BCUT2D eigenvalue weighted by molar-refractivity contribution is -0.137. The Kier molecular flexibility index (Phi) is 7.11. The highest BCUT2D eigenvalue weighted by Gasteiger charge is 2.03. The van der Waals surface area contributed by atoms with Crippen LogP contribution in [0.25, 0.3) is 0 Å². The van der Waals surface area contributed by atoms with E-state index < -0.39 is 5.97 Å². The maximum Gasteiger partial charge on any atom is 0.303 e. The molecule has 0 fully saturated rings. The number of carbonyl (C=O) groups is 1. The van der Waals surface area contributed by atoms with Crippen molar-refractivity contribution in [2.24, 2.45) is 0 Å². The first-order valence-electron chi connectivity index (χ1n) is 6.67. The third-order valence-electron chi connectivity index (χ3n) is 3.12. The highest BCUT2D eigenvalue weighted by molar-refractivity contribution is 5.66. The summed E-state index contributed by atoms with van der Waals surface area (Å²) >= 11 is 0. The first kappa shape index (κ1) is 14.7. The number of rotatable bonds is 9. The Labute approximate surface area is 109 Å². The normalized spacial score (nSPS) is 12.3. The van der Waals surface area contributed by atoms with Gasteiger partial charge in [-0.25, -0.2) is 0 Å². The number of nitrogens with one attached hydrogen (secondary N) is 1. The van der Waals surface area contributed by atoms with Crippen LogP contribution in [0.1, 0.15) is 44.1 Å². The van der Waals surface area contributed by atoms with E-state index in [2.05, 4.69) is 36.5 Å². The lowest BCUT2D eigenvalue weighted by Gasteiger charge is -2.12. The van der Waals surface area contributed by atoms with E-state index in [1.54, 1.807) is 0 Å². The van der Waals surface area contributed by atoms with Crippen LogP contribution in [0.3, 0.4) is 0 Å². The van der Waals surface area contributed by atoms with Crippen molar-refractivity contribution in [3.8, 4) is 0 Å². The van der Waals surface area contributed by atoms with E-state index in [0.717, 1.165) is 32.4 Å². The van der Waals surface area contributed by atoms with Crippen LogP contribution in [-0.2, 0) is 4.79 Å². The maximum absolute atomic E-state index is 10.3. The van der Waals surface area contributed by atoms with Gasteiger partial charge in [0.1, 0.15) is 0 Å². The summed E-state index contributed by atoms with van der Waals surface area (Å²) in [5.74, 6) is -0.134. The van der Waals surface area contributed by atoms with E-state index in [4.69, 9.17) is 5.11 Å². The van der Waals surface area contributed by atoms with Crippen LogP contribution in [0.15, 0.2) is 30.3 Å². The van der Waals surface area contributed by atoms with E-state index >= 15 is 0 Å². The largest absolute Gasteiger partial charge is 0.481 e. The fraction of sp³-hybridized carbons (Fsp3) is 0.533. The van der Waals surface area contributed by atoms with Crippen molar-refractivity contribution >= 4 is 5.97 Å². The summed E-state index contributed by atoms with van der Waals surface area (Å²) in [5.41, 5.74) is 1.38. The quantitative estimate of drug-likeness (QED) is 0.661. The van der Waals surface area contributed by atoms with Gasteiger partial charge in [0.25, 0.3) is 0 Å². The molecule has 0 saturated heterocycles. The number of carboxylic acids is 1. The molecule has 0 aliphatic heterocycles. The fourth-order valence-corrected chi connectivity index (χ4v) is 1.92. The van der Waals surface area contributed by atoms with Crippen molar-refractivity contribution in [3.63, 3.8) is 0 Å². The van der Waals surface area contributed by atoms with Gasteiger partial charge in [0, 0.05) is 6.42 Å². The van der Waals surface area contributed by atoms with Gasteiger partial charge in [0.15, 0.2) is 0 Å². The van der Waals surface area contributed by atoms with Crippen LogP contribution in [0.2, 0.25) is 0 Å². The van der Waals surface area contributed by atoms with Gasteiger partial charge in [-0.05, 0) is 43.8 Å². The molecule has 1 aromatic rings. The zero-order chi connectivity index (χ0) is 13.2. The predicted octanol–water partition coefficient (Wildman–Crippen LogP) is 3.02. The average molecular weight is 249 g/mol. The molecule has 0 bridgehead atoms. The summed E-state index contributed by atoms with van der Waals surface area (Å²) in [4.78, 5) is 10.3. The van der Waals surface area contributed by atoms with E-state index in [0.29, 0.717) is 5.92 Å². The van der Waals surface area contributed by atoms with Gasteiger partial charge < -0.3 is 10.4 Å². The number of benzene rings is 1. The molecule has 0 heterocycles. The van der Waals surface area contributed by atoms with Crippen molar-refractivity contribution in [2.45, 2.75) is 38.5 Å². The number of unbranched alkanes of at least 4 members (excludes halogenated alkanes) is 1. The van der Waals surface area contributed by atoms with Crippen LogP contribution in [0, 0.1) is 0 Å². The molecule has 0 aromatic heterocycles. The van der Waals surface area contributed by atoms with Crippen molar-refractivity contribution in [1.82, 2.24) is 5.32 Å². The molecule has 1 rings (SSSR count). The standard InChI is InChI=1S/C15H23NO2/c1-13(14-7-3-2-4-8-14)10-12-16-11-6-5-9-15(17)18/h2-4,7-8,13,16H,5-6,9-12H2,1H3,(H,17,18). The molecule has 18 heavy (non-hydrogen) atoms. The zero-order valence-electron chi connectivity index (χ0n) is 11.1. The molecule has 3 nitrogen and oxygen atoms in total. The number of carboxylic acid groups (broad SMARTS) is 1. The van der Waals surface area contributed by atoms with Crippen molar-refractivity contribution in [3.05, 3.63) is 35.9 Å². The SMILES string of the molecule is CC(CCNCCCCC(=O)O)c1ccccc1. The minimum Gasteiger partial charge on any atom is -0.481 e. The fourth-order valence-electron chi connectivity index (χ4n) is 1.92. The van der Waals surface area contributed by atoms with Gasteiger partial charge in [0.05, 0.1) is 0 Å². The summed E-state index contributed by atoms with van der Waals surface area (Å²) in [6, 6.07) is 10.5. The Morgan fingerprint density at radius 3 is 2.61 bits per heavy atom. The molecular formula is C15H23NO2. The molecule has 2 N–H and O–H groups in total. The lowest BCUT2D eigenvalue weighted by atomic mass is 9.98. The molecule has 1 aromatic carbocycles. The van der Waals surface area contributed by atoms with Gasteiger partial charge in [-0.3, -0.25) is 4.79 Å². The second-order valence-electron chi connectivity index (χ2n) is 4.70. The molecule has 0 radical (unpaired) electrons. The molecule has 0 saturated carbocycles. The van der Waals surface area contributed by atoms with Crippen LogP contribution in [0.4, 0.5) is 0 Å². The highest BCUT2D eigenvalue weighted by Crippen LogP contribution is 2.17. The first-order chi connectivity index (χ1) is 8.70. The average Bonchev–Trinajstić information content (AvgIpc) is 2.38. The second kappa shape index (κ2) is 8.70. The van der Waals surface area contributed by atoms with Crippen LogP contribution in [0.5, 0.6) is 0 Å². The summed E-state index contributed by atoms with van der Waals surface area (Å²) in [6.45, 7) is 4.14. The van der Waals surface area contributed by atoms with E-state index in [1.807, 2.05) is 6.07 Å². The summed E-state index contributed by atoms with van der Waals surface area (Å²) in [5, 5.41) is 11.9. The lowest BCUT2D eigenvalue weighted by Crippen LogP contribution is -2.18. The van der Waals surface area contributed by atoms with Crippen molar-refractivity contribution in [1.29, 1.82) is 0 Å². The van der Waals surface area contributed by atoms with Gasteiger partial charge in [0.2, 0.25) is 0 Å². The number of hydrogen-bond donors (Lipinski definition) is 2. The maximum atomic E-state index is 10.3. The molecule has 0 aliphatic carbocycles. The summed E-state index contributed by atoms with van der Waals surface area (Å²) in [6.07, 6.45) is 3.09. The topological polar surface area (TPSA) is 49.3 Å². The molecule has 3 heteroatoms. The molecule has 0 spiro atoms. The van der Waals surface area contributed by atoms with Crippen LogP contribution < -0.4 is 5.32 Å². The van der Waals surface area contributed by atoms with Gasteiger partial charge >= 0.3 is 5.97 Å². The smallest absolute Gasteiger partial charge is 0.303 e. The Morgan fingerprint density at radius 2 is 1.94 bits per heavy atom. The Morgan fingerprint density at radius 1 is 1.22 bits per heavy atom. The monoisotopic (exact) mass is 249 g/mol. The highest BCUT2D eigenvalue weighted by atomic mass is 16.4. The third-order valence-corrected chi connectivity index (χ3v) is 3.12. The Balaban J connectivity index is 2.03. The number of aliphatic carboxylic acids is 1. The molecule has 100 valence electrons. The zero-order valence-corrected chi connectivity index (χ0v) is 11.1. The van der Waals surface area contributed by atoms with Gasteiger partial charge in [-0.1, -0.05) is 37.3 Å². The predicted molar refractivity (Wildman–Crippen MR) is 73.8 cm³/mol. The van der Waals surface area contributed by atoms with Crippen molar-refractivity contribution in [2.75, 3.05) is 13.1 Å². The first-order valence-corrected chi connectivity index (χ1v) is 6.67. The minimum absolute atomic E-state index is 0.280. The summed E-state index contributed by atoms with van der Waals surface area (Å²) in [7, 11) is 0. The van der Waals surface area contributed by atoms with Crippen LogP contribution >= 0.6 is 0 Å². The Hall–Kier alpha value is -1.35. The molecule has 1 unspecified atom stereocenters. The van der Waals surface area contributed by atoms with Gasteiger partial charge in [-0.2, -0.15) is 0 Å². The third kappa shape index (κ3) is 6.40. The molecule has 1 atom stereocenters. The van der Waals surface area contributed by atoms with E-state index in [9.17, 15) is 4.79 Å².